The van der Waals surface area contributed by atoms with Gasteiger partial charge in [-0.1, -0.05) is 0 Å². The highest BCUT2D eigenvalue weighted by Crippen LogP contribution is 2.11. The number of carbonyl (C=O) groups is 2. The number of carboxylic acid groups (broad SMARTS) is 1. The molecule has 1 aliphatic heterocycles. The lowest BCUT2D eigenvalue weighted by Crippen LogP contribution is -2.45. The number of aliphatic hydroxyl groups is 1. The number of amides is 2. The van der Waals surface area contributed by atoms with Crippen LogP contribution in [0, 0.1) is 0 Å². The molecule has 7 nitrogen and oxygen atoms in total. The van der Waals surface area contributed by atoms with E-state index in [1.807, 2.05) is 0 Å². The summed E-state index contributed by atoms with van der Waals surface area (Å²) in [6.07, 6.45) is 1.50. The van der Waals surface area contributed by atoms with E-state index in [2.05, 4.69) is 10.6 Å². The number of nitrogens with one attached hydrogen (secondary N) is 2. The molecule has 0 aromatic rings. The van der Waals surface area contributed by atoms with Crippen molar-refractivity contribution in [1.29, 1.82) is 0 Å². The first-order valence-electron chi connectivity index (χ1n) is 5.63. The maximum Gasteiger partial charge on any atom is 0.334 e. The van der Waals surface area contributed by atoms with Gasteiger partial charge in [-0.25, -0.2) is 9.59 Å². The topological polar surface area (TPSA) is 108 Å². The van der Waals surface area contributed by atoms with Crippen LogP contribution in [0.3, 0.4) is 0 Å². The summed E-state index contributed by atoms with van der Waals surface area (Å²) in [5.74, 6) is -1.36. The predicted octanol–water partition coefficient (Wildman–Crippen LogP) is -0.700. The van der Waals surface area contributed by atoms with Crippen LogP contribution >= 0.6 is 0 Å². The Balaban J connectivity index is 2.10. The highest BCUT2D eigenvalue weighted by atomic mass is 16.5. The number of hydrogen-bond acceptors (Lipinski definition) is 4. The van der Waals surface area contributed by atoms with Gasteiger partial charge in [-0.15, -0.1) is 0 Å². The minimum absolute atomic E-state index is 0.0268. The smallest absolute Gasteiger partial charge is 0.334 e. The van der Waals surface area contributed by atoms with Crippen molar-refractivity contribution in [3.8, 4) is 0 Å². The second kappa shape index (κ2) is 7.08. The monoisotopic (exact) mass is 246 g/mol. The predicted molar refractivity (Wildman–Crippen MR) is 58.6 cm³/mol. The Kier molecular flexibility index (Phi) is 5.71. The molecule has 0 bridgehead atoms. The first kappa shape index (κ1) is 13.7. The maximum absolute atomic E-state index is 11.2. The minimum Gasteiger partial charge on any atom is -0.479 e. The molecule has 2 atom stereocenters. The van der Waals surface area contributed by atoms with E-state index < -0.39 is 18.1 Å². The molecule has 0 saturated carbocycles. The first-order chi connectivity index (χ1) is 8.09. The minimum atomic E-state index is -1.58. The third-order valence-electron chi connectivity index (χ3n) is 2.51. The summed E-state index contributed by atoms with van der Waals surface area (Å²) in [5, 5.41) is 22.1. The summed E-state index contributed by atoms with van der Waals surface area (Å²) in [4.78, 5) is 21.5. The molecular weight excluding hydrogens is 228 g/mol. The number of aliphatic carboxylic acids is 1. The van der Waals surface area contributed by atoms with E-state index >= 15 is 0 Å². The van der Waals surface area contributed by atoms with E-state index in [1.54, 1.807) is 0 Å². The third-order valence-corrected chi connectivity index (χ3v) is 2.51. The maximum atomic E-state index is 11.2. The molecule has 1 rings (SSSR count). The summed E-state index contributed by atoms with van der Waals surface area (Å²) in [7, 11) is 0. The van der Waals surface area contributed by atoms with Gasteiger partial charge < -0.3 is 25.6 Å². The molecule has 0 aromatic carbocycles. The van der Waals surface area contributed by atoms with Crippen LogP contribution in [0.15, 0.2) is 0 Å². The molecule has 0 aromatic heterocycles. The van der Waals surface area contributed by atoms with Gasteiger partial charge in [0.2, 0.25) is 0 Å². The molecule has 1 fully saturated rings. The quantitative estimate of drug-likeness (QED) is 0.513. The Morgan fingerprint density at radius 1 is 1.35 bits per heavy atom. The van der Waals surface area contributed by atoms with Gasteiger partial charge in [-0.05, 0) is 19.3 Å². The number of ether oxygens (including phenoxy) is 1. The van der Waals surface area contributed by atoms with E-state index in [0.29, 0.717) is 13.2 Å². The second-order valence-electron chi connectivity index (χ2n) is 3.93. The SMILES string of the molecule is O=C(NCC1CCCCO1)NC[C@H](O)C(=O)O. The van der Waals surface area contributed by atoms with Gasteiger partial charge >= 0.3 is 12.0 Å². The lowest BCUT2D eigenvalue weighted by Gasteiger charge is -2.22. The summed E-state index contributed by atoms with van der Waals surface area (Å²) in [6.45, 7) is 0.799. The van der Waals surface area contributed by atoms with Gasteiger partial charge in [-0.2, -0.15) is 0 Å². The van der Waals surface area contributed by atoms with Gasteiger partial charge in [-0.3, -0.25) is 0 Å². The summed E-state index contributed by atoms with van der Waals surface area (Å²) in [6, 6.07) is -0.500. The Bertz CT molecular complexity index is 265. The van der Waals surface area contributed by atoms with E-state index in [-0.39, 0.29) is 12.6 Å². The molecule has 1 unspecified atom stereocenters. The number of urea groups is 1. The molecule has 0 radical (unpaired) electrons. The molecule has 98 valence electrons. The van der Waals surface area contributed by atoms with Crippen molar-refractivity contribution < 1.29 is 24.5 Å². The van der Waals surface area contributed by atoms with Crippen LogP contribution in [-0.2, 0) is 9.53 Å². The van der Waals surface area contributed by atoms with E-state index in [9.17, 15) is 9.59 Å². The normalized spacial score (nSPS) is 21.6. The lowest BCUT2D eigenvalue weighted by atomic mass is 10.1. The Labute approximate surface area is 99.1 Å². The Morgan fingerprint density at radius 3 is 2.71 bits per heavy atom. The van der Waals surface area contributed by atoms with Gasteiger partial charge in [0, 0.05) is 13.2 Å². The summed E-state index contributed by atoms with van der Waals surface area (Å²) >= 11 is 0. The number of carbonyl (C=O) groups excluding carboxylic acids is 1. The fraction of sp³-hybridized carbons (Fsp3) is 0.800. The van der Waals surface area contributed by atoms with Crippen molar-refractivity contribution in [2.75, 3.05) is 19.7 Å². The van der Waals surface area contributed by atoms with Crippen molar-refractivity contribution in [2.24, 2.45) is 0 Å². The van der Waals surface area contributed by atoms with Crippen LogP contribution in [0.5, 0.6) is 0 Å². The average molecular weight is 246 g/mol. The largest absolute Gasteiger partial charge is 0.479 e. The lowest BCUT2D eigenvalue weighted by molar-refractivity contribution is -0.146. The van der Waals surface area contributed by atoms with Gasteiger partial charge in [0.25, 0.3) is 0 Å². The fourth-order valence-electron chi connectivity index (χ4n) is 1.51. The number of rotatable bonds is 5. The summed E-state index contributed by atoms with van der Waals surface area (Å²) in [5.41, 5.74) is 0. The van der Waals surface area contributed by atoms with Crippen molar-refractivity contribution in [3.05, 3.63) is 0 Å². The van der Waals surface area contributed by atoms with Crippen LogP contribution in [-0.4, -0.2) is 54.1 Å². The van der Waals surface area contributed by atoms with Crippen molar-refractivity contribution in [2.45, 2.75) is 31.5 Å². The van der Waals surface area contributed by atoms with Crippen molar-refractivity contribution in [1.82, 2.24) is 10.6 Å². The van der Waals surface area contributed by atoms with Crippen LogP contribution in [0.4, 0.5) is 4.79 Å². The standard InChI is InChI=1S/C10H18N2O5/c13-8(9(14)15)6-12-10(16)11-5-7-3-1-2-4-17-7/h7-8,13H,1-6H2,(H,14,15)(H2,11,12,16)/t7?,8-/m0/s1. The number of aliphatic hydroxyl groups excluding tert-OH is 1. The van der Waals surface area contributed by atoms with E-state index in [4.69, 9.17) is 14.9 Å². The van der Waals surface area contributed by atoms with E-state index in [1.165, 1.54) is 0 Å². The van der Waals surface area contributed by atoms with Crippen molar-refractivity contribution >= 4 is 12.0 Å². The molecule has 1 aliphatic rings. The van der Waals surface area contributed by atoms with Gasteiger partial charge in [0.05, 0.1) is 12.6 Å². The van der Waals surface area contributed by atoms with Crippen LogP contribution < -0.4 is 10.6 Å². The van der Waals surface area contributed by atoms with Gasteiger partial charge in [0.15, 0.2) is 6.10 Å². The molecule has 2 amide bonds. The zero-order valence-corrected chi connectivity index (χ0v) is 9.52. The van der Waals surface area contributed by atoms with Gasteiger partial charge in [0.1, 0.15) is 0 Å². The second-order valence-corrected chi connectivity index (χ2v) is 3.93. The highest BCUT2D eigenvalue weighted by Gasteiger charge is 2.16. The van der Waals surface area contributed by atoms with Crippen molar-refractivity contribution in [3.63, 3.8) is 0 Å². The molecule has 17 heavy (non-hydrogen) atoms. The van der Waals surface area contributed by atoms with Crippen LogP contribution in [0.2, 0.25) is 0 Å². The molecular formula is C10H18N2O5. The third kappa shape index (κ3) is 5.50. The number of carboxylic acids is 1. The Hall–Kier alpha value is -1.34. The molecule has 1 saturated heterocycles. The zero-order chi connectivity index (χ0) is 12.7. The average Bonchev–Trinajstić information content (AvgIpc) is 2.34. The molecule has 1 heterocycles. The molecule has 7 heteroatoms. The number of hydrogen-bond donors (Lipinski definition) is 4. The molecule has 0 aliphatic carbocycles. The summed E-state index contributed by atoms with van der Waals surface area (Å²) < 4.78 is 5.41. The highest BCUT2D eigenvalue weighted by molar-refractivity contribution is 5.76. The van der Waals surface area contributed by atoms with E-state index in [0.717, 1.165) is 19.3 Å². The molecule has 0 spiro atoms. The van der Waals surface area contributed by atoms with Crippen LogP contribution in [0.25, 0.3) is 0 Å². The van der Waals surface area contributed by atoms with Crippen LogP contribution in [0.1, 0.15) is 19.3 Å². The Morgan fingerprint density at radius 2 is 2.12 bits per heavy atom. The zero-order valence-electron chi connectivity index (χ0n) is 9.52. The first-order valence-corrected chi connectivity index (χ1v) is 5.63. The fourth-order valence-corrected chi connectivity index (χ4v) is 1.51. The molecule has 4 N–H and O–H groups in total.